The van der Waals surface area contributed by atoms with Crippen molar-refractivity contribution in [2.45, 2.75) is 33.7 Å². The SMILES string of the molecule is COc1cc([C@H]2C(C(=O)OCC(C)C)=C(C)N=c3s/c(=C/c4c(Cl)cccc4Cl)c(=O)n32)ccc1OC(C)=O. The number of hydrogen-bond acceptors (Lipinski definition) is 8. The van der Waals surface area contributed by atoms with Gasteiger partial charge in [-0.15, -0.1) is 0 Å². The van der Waals surface area contributed by atoms with Gasteiger partial charge in [0.2, 0.25) is 0 Å². The number of hydrogen-bond donors (Lipinski definition) is 0. The maximum Gasteiger partial charge on any atom is 0.338 e. The lowest BCUT2D eigenvalue weighted by atomic mass is 9.95. The molecule has 2 heterocycles. The highest BCUT2D eigenvalue weighted by atomic mass is 35.5. The molecule has 0 bridgehead atoms. The van der Waals surface area contributed by atoms with Crippen LogP contribution in [-0.2, 0) is 14.3 Å². The Morgan fingerprint density at radius 2 is 1.85 bits per heavy atom. The second kappa shape index (κ2) is 11.8. The summed E-state index contributed by atoms with van der Waals surface area (Å²) >= 11 is 13.9. The molecular formula is C28H26Cl2N2O6S. The van der Waals surface area contributed by atoms with Gasteiger partial charge in [-0.1, -0.05) is 60.5 Å². The number of rotatable bonds is 7. The van der Waals surface area contributed by atoms with Gasteiger partial charge >= 0.3 is 11.9 Å². The summed E-state index contributed by atoms with van der Waals surface area (Å²) < 4.78 is 18.1. The summed E-state index contributed by atoms with van der Waals surface area (Å²) in [6.45, 7) is 7.04. The first-order valence-corrected chi connectivity index (χ1v) is 13.6. The summed E-state index contributed by atoms with van der Waals surface area (Å²) in [5.41, 5.74) is 1.29. The zero-order valence-electron chi connectivity index (χ0n) is 21.9. The number of aromatic nitrogens is 1. The van der Waals surface area contributed by atoms with Crippen molar-refractivity contribution in [2.24, 2.45) is 10.9 Å². The third-order valence-corrected chi connectivity index (χ3v) is 7.46. The molecule has 4 rings (SSSR count). The fraction of sp³-hybridized carbons (Fsp3) is 0.286. The van der Waals surface area contributed by atoms with Crippen LogP contribution < -0.4 is 24.4 Å². The van der Waals surface area contributed by atoms with Gasteiger partial charge in [0.15, 0.2) is 16.3 Å². The van der Waals surface area contributed by atoms with Crippen molar-refractivity contribution in [2.75, 3.05) is 13.7 Å². The van der Waals surface area contributed by atoms with Crippen LogP contribution in [0.3, 0.4) is 0 Å². The van der Waals surface area contributed by atoms with Crippen molar-refractivity contribution in [1.82, 2.24) is 4.57 Å². The first kappa shape index (κ1) is 28.6. The maximum atomic E-state index is 13.9. The lowest BCUT2D eigenvalue weighted by Gasteiger charge is -2.25. The third kappa shape index (κ3) is 5.95. The number of carbonyl (C=O) groups is 2. The number of esters is 2. The zero-order chi connectivity index (χ0) is 28.4. The highest BCUT2D eigenvalue weighted by Crippen LogP contribution is 2.36. The molecule has 1 aromatic heterocycles. The average molecular weight is 589 g/mol. The van der Waals surface area contributed by atoms with Gasteiger partial charge in [0.05, 0.1) is 35.6 Å². The molecule has 0 amide bonds. The molecule has 204 valence electrons. The van der Waals surface area contributed by atoms with Crippen LogP contribution in [0, 0.1) is 5.92 Å². The van der Waals surface area contributed by atoms with E-state index >= 15 is 0 Å². The molecule has 0 saturated heterocycles. The molecule has 1 aliphatic rings. The van der Waals surface area contributed by atoms with Crippen molar-refractivity contribution in [3.05, 3.63) is 88.5 Å². The molecule has 8 nitrogen and oxygen atoms in total. The minimum Gasteiger partial charge on any atom is -0.493 e. The summed E-state index contributed by atoms with van der Waals surface area (Å²) in [4.78, 5) is 43.8. The summed E-state index contributed by atoms with van der Waals surface area (Å²) in [6.07, 6.45) is 1.62. The number of halogens is 2. The Hall–Kier alpha value is -3.40. The van der Waals surface area contributed by atoms with E-state index in [-0.39, 0.29) is 35.2 Å². The molecule has 0 N–H and O–H groups in total. The monoisotopic (exact) mass is 588 g/mol. The van der Waals surface area contributed by atoms with Crippen molar-refractivity contribution in [3.8, 4) is 11.5 Å². The van der Waals surface area contributed by atoms with Crippen LogP contribution in [0.15, 0.2) is 57.5 Å². The molecule has 3 aromatic rings. The molecule has 39 heavy (non-hydrogen) atoms. The number of methoxy groups -OCH3 is 1. The summed E-state index contributed by atoms with van der Waals surface area (Å²) in [5, 5.41) is 0.787. The highest BCUT2D eigenvalue weighted by molar-refractivity contribution is 7.07. The van der Waals surface area contributed by atoms with Crippen LogP contribution >= 0.6 is 34.5 Å². The van der Waals surface area contributed by atoms with Crippen LogP contribution in [0.2, 0.25) is 10.0 Å². The normalized spacial score (nSPS) is 15.2. The predicted molar refractivity (Wildman–Crippen MR) is 150 cm³/mol. The lowest BCUT2D eigenvalue weighted by Crippen LogP contribution is -2.40. The first-order chi connectivity index (χ1) is 18.5. The summed E-state index contributed by atoms with van der Waals surface area (Å²) in [5.74, 6) is -0.517. The average Bonchev–Trinajstić information content (AvgIpc) is 3.18. The number of nitrogens with zero attached hydrogens (tertiary/aromatic N) is 2. The molecule has 0 aliphatic carbocycles. The Bertz CT molecular complexity index is 1650. The molecule has 0 spiro atoms. The largest absolute Gasteiger partial charge is 0.493 e. The number of allylic oxidation sites excluding steroid dienone is 1. The van der Waals surface area contributed by atoms with E-state index in [0.717, 1.165) is 11.3 Å². The third-order valence-electron chi connectivity index (χ3n) is 5.82. The Morgan fingerprint density at radius 3 is 2.46 bits per heavy atom. The molecular weight excluding hydrogens is 563 g/mol. The summed E-state index contributed by atoms with van der Waals surface area (Å²) in [6, 6.07) is 9.05. The van der Waals surface area contributed by atoms with Crippen LogP contribution in [0.4, 0.5) is 0 Å². The van der Waals surface area contributed by atoms with E-state index in [2.05, 4.69) is 4.99 Å². The van der Waals surface area contributed by atoms with Crippen molar-refractivity contribution >= 4 is 52.6 Å². The maximum absolute atomic E-state index is 13.9. The van der Waals surface area contributed by atoms with Gasteiger partial charge < -0.3 is 14.2 Å². The molecule has 1 atom stereocenters. The fourth-order valence-electron chi connectivity index (χ4n) is 4.09. The van der Waals surface area contributed by atoms with E-state index in [4.69, 9.17) is 37.4 Å². The number of benzene rings is 2. The van der Waals surface area contributed by atoms with E-state index < -0.39 is 18.0 Å². The quantitative estimate of drug-likeness (QED) is 0.294. The van der Waals surface area contributed by atoms with Gasteiger partial charge in [-0.2, -0.15) is 0 Å². The van der Waals surface area contributed by atoms with Crippen molar-refractivity contribution in [1.29, 1.82) is 0 Å². The predicted octanol–water partition coefficient (Wildman–Crippen LogP) is 4.68. The van der Waals surface area contributed by atoms with Gasteiger partial charge in [0.25, 0.3) is 5.56 Å². The molecule has 0 fully saturated rings. The fourth-order valence-corrected chi connectivity index (χ4v) is 5.63. The van der Waals surface area contributed by atoms with Gasteiger partial charge in [0, 0.05) is 22.5 Å². The van der Waals surface area contributed by atoms with Gasteiger partial charge in [-0.05, 0) is 48.7 Å². The Balaban J connectivity index is 1.96. The Labute approximate surface area is 238 Å². The van der Waals surface area contributed by atoms with E-state index in [1.165, 1.54) is 18.6 Å². The smallest absolute Gasteiger partial charge is 0.338 e. The molecule has 2 aromatic carbocycles. The van der Waals surface area contributed by atoms with Crippen LogP contribution in [-0.4, -0.2) is 30.2 Å². The molecule has 0 radical (unpaired) electrons. The Kier molecular flexibility index (Phi) is 8.64. The lowest BCUT2D eigenvalue weighted by molar-refractivity contribution is -0.140. The van der Waals surface area contributed by atoms with E-state index in [1.54, 1.807) is 49.4 Å². The second-order valence-electron chi connectivity index (χ2n) is 9.21. The van der Waals surface area contributed by atoms with Crippen molar-refractivity contribution < 1.29 is 23.8 Å². The minimum atomic E-state index is -0.884. The van der Waals surface area contributed by atoms with Crippen molar-refractivity contribution in [3.63, 3.8) is 0 Å². The van der Waals surface area contributed by atoms with Gasteiger partial charge in [-0.3, -0.25) is 14.2 Å². The van der Waals surface area contributed by atoms with E-state index in [0.29, 0.717) is 36.2 Å². The molecule has 1 aliphatic heterocycles. The number of ether oxygens (including phenoxy) is 3. The van der Waals surface area contributed by atoms with Crippen LogP contribution in [0.5, 0.6) is 11.5 Å². The minimum absolute atomic E-state index is 0.109. The number of carbonyl (C=O) groups excluding carboxylic acids is 2. The molecule has 0 saturated carbocycles. The van der Waals surface area contributed by atoms with E-state index in [9.17, 15) is 14.4 Å². The first-order valence-electron chi connectivity index (χ1n) is 12.0. The highest BCUT2D eigenvalue weighted by Gasteiger charge is 2.34. The zero-order valence-corrected chi connectivity index (χ0v) is 24.2. The number of thiazole rings is 1. The second-order valence-corrected chi connectivity index (χ2v) is 11.0. The molecule has 11 heteroatoms. The van der Waals surface area contributed by atoms with Gasteiger partial charge in [-0.25, -0.2) is 9.79 Å². The van der Waals surface area contributed by atoms with E-state index in [1.807, 2.05) is 13.8 Å². The molecule has 0 unspecified atom stereocenters. The van der Waals surface area contributed by atoms with Crippen LogP contribution in [0.1, 0.15) is 44.9 Å². The van der Waals surface area contributed by atoms with Crippen LogP contribution in [0.25, 0.3) is 6.08 Å². The topological polar surface area (TPSA) is 96.2 Å². The summed E-state index contributed by atoms with van der Waals surface area (Å²) in [7, 11) is 1.43. The van der Waals surface area contributed by atoms with Gasteiger partial charge in [0.1, 0.15) is 0 Å². The number of fused-ring (bicyclic) bond motifs is 1. The standard InChI is InChI=1S/C28H26Cl2N2O6S/c1-14(2)13-37-27(35)24-15(3)31-28-32(25(24)17-9-10-21(38-16(4)33)22(11-17)36-5)26(34)23(39-28)12-18-19(29)7-6-8-20(18)30/h6-12,14,25H,13H2,1-5H3/b23-12+/t25-/m0/s1. The Morgan fingerprint density at radius 1 is 1.15 bits per heavy atom.